The van der Waals surface area contributed by atoms with Crippen LogP contribution in [0.15, 0.2) is 0 Å². The fourth-order valence-corrected chi connectivity index (χ4v) is 2.10. The smallest absolute Gasteiger partial charge is 0.293 e. The van der Waals surface area contributed by atoms with Crippen LogP contribution in [0.4, 0.5) is 0 Å². The SMILES string of the molecule is [CH2]CCCOOC(=O)c1c(C)c(C)c(C)c(C)c1C. The summed E-state index contributed by atoms with van der Waals surface area (Å²) >= 11 is 0. The number of benzene rings is 1. The molecule has 3 heteroatoms. The predicted molar refractivity (Wildman–Crippen MR) is 76.1 cm³/mol. The number of hydrogen-bond donors (Lipinski definition) is 0. The zero-order valence-corrected chi connectivity index (χ0v) is 12.6. The van der Waals surface area contributed by atoms with Gasteiger partial charge in [0.1, 0.15) is 0 Å². The molecular formula is C16H23O3. The van der Waals surface area contributed by atoms with Crippen molar-refractivity contribution in [1.29, 1.82) is 0 Å². The zero-order chi connectivity index (χ0) is 14.6. The summed E-state index contributed by atoms with van der Waals surface area (Å²) in [6.07, 6.45) is 1.54. The van der Waals surface area contributed by atoms with Crippen molar-refractivity contribution >= 4 is 5.97 Å². The Morgan fingerprint density at radius 3 is 1.89 bits per heavy atom. The van der Waals surface area contributed by atoms with Gasteiger partial charge in [-0.2, -0.15) is 4.89 Å². The van der Waals surface area contributed by atoms with Crippen LogP contribution in [0.3, 0.4) is 0 Å². The molecule has 1 aromatic rings. The molecule has 0 saturated heterocycles. The third-order valence-corrected chi connectivity index (χ3v) is 3.82. The first-order valence-corrected chi connectivity index (χ1v) is 6.61. The molecule has 0 unspecified atom stereocenters. The quantitative estimate of drug-likeness (QED) is 0.458. The van der Waals surface area contributed by atoms with Gasteiger partial charge in [0.25, 0.3) is 0 Å². The fraction of sp³-hybridized carbons (Fsp3) is 0.500. The van der Waals surface area contributed by atoms with Gasteiger partial charge in [0.2, 0.25) is 0 Å². The summed E-state index contributed by atoms with van der Waals surface area (Å²) in [7, 11) is 0. The van der Waals surface area contributed by atoms with E-state index in [1.807, 2.05) is 27.7 Å². The zero-order valence-electron chi connectivity index (χ0n) is 12.6. The summed E-state index contributed by atoms with van der Waals surface area (Å²) in [5, 5.41) is 0. The summed E-state index contributed by atoms with van der Waals surface area (Å²) in [5.41, 5.74) is 6.04. The van der Waals surface area contributed by atoms with Crippen LogP contribution < -0.4 is 0 Å². The Balaban J connectivity index is 2.97. The molecule has 0 aliphatic rings. The first-order chi connectivity index (χ1) is 8.91. The molecule has 0 N–H and O–H groups in total. The Bertz CT molecular complexity index is 446. The molecule has 0 aliphatic carbocycles. The van der Waals surface area contributed by atoms with Crippen LogP contribution >= 0.6 is 0 Å². The van der Waals surface area contributed by atoms with Gasteiger partial charge in [-0.15, -0.1) is 0 Å². The Morgan fingerprint density at radius 1 is 0.947 bits per heavy atom. The summed E-state index contributed by atoms with van der Waals surface area (Å²) < 4.78 is 0. The molecule has 0 aliphatic heterocycles. The van der Waals surface area contributed by atoms with Crippen LogP contribution in [0, 0.1) is 41.5 Å². The molecule has 0 fully saturated rings. The molecule has 1 radical (unpaired) electrons. The van der Waals surface area contributed by atoms with Gasteiger partial charge in [-0.1, -0.05) is 13.3 Å². The number of rotatable bonds is 5. The Hall–Kier alpha value is -1.35. The molecule has 0 heterocycles. The van der Waals surface area contributed by atoms with Crippen molar-refractivity contribution in [3.05, 3.63) is 40.3 Å². The van der Waals surface area contributed by atoms with Crippen LogP contribution in [0.5, 0.6) is 0 Å². The van der Waals surface area contributed by atoms with Crippen LogP contribution in [0.25, 0.3) is 0 Å². The van der Waals surface area contributed by atoms with Crippen LogP contribution in [0.1, 0.15) is 51.0 Å². The van der Waals surface area contributed by atoms with E-state index in [9.17, 15) is 4.79 Å². The predicted octanol–water partition coefficient (Wildman–Crippen LogP) is 3.93. The molecule has 0 aromatic heterocycles. The minimum atomic E-state index is -0.412. The molecule has 105 valence electrons. The molecule has 1 rings (SSSR count). The highest BCUT2D eigenvalue weighted by molar-refractivity contribution is 5.93. The van der Waals surface area contributed by atoms with Crippen molar-refractivity contribution in [2.24, 2.45) is 0 Å². The monoisotopic (exact) mass is 263 g/mol. The summed E-state index contributed by atoms with van der Waals surface area (Å²) in [6, 6.07) is 0. The van der Waals surface area contributed by atoms with Gasteiger partial charge in [-0.05, 0) is 68.9 Å². The number of unbranched alkanes of at least 4 members (excludes halogenated alkanes) is 1. The minimum Gasteiger partial charge on any atom is -0.293 e. The van der Waals surface area contributed by atoms with Gasteiger partial charge < -0.3 is 0 Å². The van der Waals surface area contributed by atoms with Gasteiger partial charge in [-0.25, -0.2) is 4.79 Å². The maximum atomic E-state index is 12.1. The van der Waals surface area contributed by atoms with Gasteiger partial charge >= 0.3 is 5.97 Å². The molecule has 1 aromatic carbocycles. The Labute approximate surface area is 115 Å². The largest absolute Gasteiger partial charge is 0.373 e. The first-order valence-electron chi connectivity index (χ1n) is 6.61. The van der Waals surface area contributed by atoms with E-state index in [1.165, 1.54) is 5.56 Å². The lowest BCUT2D eigenvalue weighted by molar-refractivity contribution is -0.241. The van der Waals surface area contributed by atoms with Crippen molar-refractivity contribution in [3.8, 4) is 0 Å². The lowest BCUT2D eigenvalue weighted by Crippen LogP contribution is -2.13. The lowest BCUT2D eigenvalue weighted by atomic mass is 9.90. The van der Waals surface area contributed by atoms with Gasteiger partial charge in [-0.3, -0.25) is 4.89 Å². The highest BCUT2D eigenvalue weighted by Gasteiger charge is 2.20. The Morgan fingerprint density at radius 2 is 1.42 bits per heavy atom. The highest BCUT2D eigenvalue weighted by Crippen LogP contribution is 2.26. The lowest BCUT2D eigenvalue weighted by Gasteiger charge is -2.17. The number of carbonyl (C=O) groups is 1. The van der Waals surface area contributed by atoms with Crippen molar-refractivity contribution in [3.63, 3.8) is 0 Å². The molecule has 0 amide bonds. The van der Waals surface area contributed by atoms with E-state index in [4.69, 9.17) is 9.78 Å². The van der Waals surface area contributed by atoms with Crippen LogP contribution in [-0.2, 0) is 9.78 Å². The van der Waals surface area contributed by atoms with Gasteiger partial charge in [0, 0.05) is 0 Å². The van der Waals surface area contributed by atoms with Gasteiger partial charge in [0.15, 0.2) is 0 Å². The van der Waals surface area contributed by atoms with Crippen molar-refractivity contribution in [2.45, 2.75) is 47.5 Å². The maximum absolute atomic E-state index is 12.1. The third kappa shape index (κ3) is 3.35. The fourth-order valence-electron chi connectivity index (χ4n) is 2.10. The number of hydrogen-bond acceptors (Lipinski definition) is 3. The topological polar surface area (TPSA) is 35.5 Å². The summed E-state index contributed by atoms with van der Waals surface area (Å²) in [6.45, 7) is 14.1. The Kier molecular flexibility index (Phi) is 5.55. The van der Waals surface area contributed by atoms with E-state index in [-0.39, 0.29) is 0 Å². The molecule has 0 spiro atoms. The first kappa shape index (κ1) is 15.7. The third-order valence-electron chi connectivity index (χ3n) is 3.82. The van der Waals surface area contributed by atoms with Crippen molar-refractivity contribution in [1.82, 2.24) is 0 Å². The highest BCUT2D eigenvalue weighted by atomic mass is 17.2. The maximum Gasteiger partial charge on any atom is 0.373 e. The molecule has 0 atom stereocenters. The van der Waals surface area contributed by atoms with Gasteiger partial charge in [0.05, 0.1) is 12.2 Å². The van der Waals surface area contributed by atoms with E-state index in [0.29, 0.717) is 12.2 Å². The normalized spacial score (nSPS) is 10.6. The van der Waals surface area contributed by atoms with E-state index in [1.54, 1.807) is 0 Å². The van der Waals surface area contributed by atoms with E-state index >= 15 is 0 Å². The second-order valence-electron chi connectivity index (χ2n) is 4.90. The summed E-state index contributed by atoms with van der Waals surface area (Å²) in [4.78, 5) is 21.9. The second kappa shape index (κ2) is 6.71. The number of carbonyl (C=O) groups excluding carboxylic acids is 1. The molecular weight excluding hydrogens is 240 g/mol. The molecule has 0 saturated carbocycles. The van der Waals surface area contributed by atoms with E-state index < -0.39 is 5.97 Å². The summed E-state index contributed by atoms with van der Waals surface area (Å²) in [5.74, 6) is -0.412. The van der Waals surface area contributed by atoms with Crippen LogP contribution in [-0.4, -0.2) is 12.6 Å². The van der Waals surface area contributed by atoms with Crippen molar-refractivity contribution < 1.29 is 14.6 Å². The molecule has 19 heavy (non-hydrogen) atoms. The molecule has 3 nitrogen and oxygen atoms in total. The van der Waals surface area contributed by atoms with Crippen LogP contribution in [0.2, 0.25) is 0 Å². The minimum absolute atomic E-state index is 0.386. The van der Waals surface area contributed by atoms with E-state index in [0.717, 1.165) is 35.1 Å². The molecule has 0 bridgehead atoms. The average Bonchev–Trinajstić information content (AvgIpc) is 2.39. The second-order valence-corrected chi connectivity index (χ2v) is 4.90. The van der Waals surface area contributed by atoms with Crippen molar-refractivity contribution in [2.75, 3.05) is 6.61 Å². The van der Waals surface area contributed by atoms with E-state index in [2.05, 4.69) is 13.8 Å². The average molecular weight is 263 g/mol. The standard InChI is InChI=1S/C16H23O3/c1-7-8-9-18-19-16(17)15-13(5)11(3)10(2)12(4)14(15)6/h1,7-9H2,2-6H3.